The van der Waals surface area contributed by atoms with Gasteiger partial charge in [0.15, 0.2) is 0 Å². The number of aromatic nitrogens is 2. The number of anilines is 1. The summed E-state index contributed by atoms with van der Waals surface area (Å²) in [6, 6.07) is 0.631. The van der Waals surface area contributed by atoms with Crippen LogP contribution >= 0.6 is 0 Å². The highest BCUT2D eigenvalue weighted by molar-refractivity contribution is 5.40. The Morgan fingerprint density at radius 1 is 1.47 bits per heavy atom. The maximum Gasteiger partial charge on any atom is 0.147 e. The second-order valence-electron chi connectivity index (χ2n) is 5.57. The van der Waals surface area contributed by atoms with E-state index in [1.54, 1.807) is 0 Å². The predicted octanol–water partition coefficient (Wildman–Crippen LogP) is 2.38. The molecule has 0 atom stereocenters. The van der Waals surface area contributed by atoms with Crippen molar-refractivity contribution in [3.05, 3.63) is 30.7 Å². The normalized spacial score (nSPS) is 14.7. The monoisotopic (exact) mass is 260 g/mol. The van der Waals surface area contributed by atoms with Gasteiger partial charge in [-0.3, -0.25) is 4.98 Å². The van der Waals surface area contributed by atoms with Crippen LogP contribution in [0.5, 0.6) is 0 Å². The molecule has 4 heteroatoms. The Morgan fingerprint density at radius 3 is 2.89 bits per heavy atom. The molecule has 1 N–H and O–H groups in total. The summed E-state index contributed by atoms with van der Waals surface area (Å²) in [4.78, 5) is 11.3. The SMILES string of the molecule is C=CCN(c1cncc(CNCC(C)C)n1)C1CC1. The molecule has 0 amide bonds. The maximum atomic E-state index is 4.70. The minimum Gasteiger partial charge on any atom is -0.349 e. The van der Waals surface area contributed by atoms with E-state index in [-0.39, 0.29) is 0 Å². The minimum absolute atomic E-state index is 0.631. The van der Waals surface area contributed by atoms with Crippen molar-refractivity contribution in [1.29, 1.82) is 0 Å². The van der Waals surface area contributed by atoms with E-state index in [1.165, 1.54) is 12.8 Å². The zero-order valence-electron chi connectivity index (χ0n) is 12.0. The van der Waals surface area contributed by atoms with Gasteiger partial charge in [0.1, 0.15) is 5.82 Å². The Labute approximate surface area is 115 Å². The van der Waals surface area contributed by atoms with Crippen molar-refractivity contribution in [3.63, 3.8) is 0 Å². The van der Waals surface area contributed by atoms with Gasteiger partial charge in [-0.2, -0.15) is 0 Å². The molecule has 1 heterocycles. The Kier molecular flexibility index (Phi) is 4.91. The second-order valence-corrected chi connectivity index (χ2v) is 5.57. The van der Waals surface area contributed by atoms with Gasteiger partial charge >= 0.3 is 0 Å². The van der Waals surface area contributed by atoms with E-state index in [0.29, 0.717) is 12.0 Å². The molecule has 1 aromatic heterocycles. The van der Waals surface area contributed by atoms with Crippen LogP contribution in [0.2, 0.25) is 0 Å². The summed E-state index contributed by atoms with van der Waals surface area (Å²) in [6.07, 6.45) is 8.14. The first-order chi connectivity index (χ1) is 9.20. The van der Waals surface area contributed by atoms with Crippen molar-refractivity contribution in [3.8, 4) is 0 Å². The summed E-state index contributed by atoms with van der Waals surface area (Å²) in [5, 5.41) is 3.40. The molecule has 19 heavy (non-hydrogen) atoms. The van der Waals surface area contributed by atoms with Crippen LogP contribution < -0.4 is 10.2 Å². The van der Waals surface area contributed by atoms with Gasteiger partial charge in [0.05, 0.1) is 11.9 Å². The molecule has 1 saturated carbocycles. The van der Waals surface area contributed by atoms with Gasteiger partial charge in [-0.05, 0) is 25.3 Å². The zero-order chi connectivity index (χ0) is 13.7. The predicted molar refractivity (Wildman–Crippen MR) is 79.1 cm³/mol. The summed E-state index contributed by atoms with van der Waals surface area (Å²) in [6.45, 7) is 10.9. The van der Waals surface area contributed by atoms with Crippen LogP contribution in [0.1, 0.15) is 32.4 Å². The van der Waals surface area contributed by atoms with Crippen molar-refractivity contribution >= 4 is 5.82 Å². The van der Waals surface area contributed by atoms with Crippen LogP contribution in [0, 0.1) is 5.92 Å². The van der Waals surface area contributed by atoms with Gasteiger partial charge in [-0.15, -0.1) is 6.58 Å². The molecule has 0 aliphatic heterocycles. The number of hydrogen-bond acceptors (Lipinski definition) is 4. The zero-order valence-corrected chi connectivity index (χ0v) is 12.0. The van der Waals surface area contributed by atoms with Crippen LogP contribution in [0.25, 0.3) is 0 Å². The molecule has 0 saturated heterocycles. The highest BCUT2D eigenvalue weighted by Crippen LogP contribution is 2.30. The minimum atomic E-state index is 0.631. The third kappa shape index (κ3) is 4.31. The summed E-state index contributed by atoms with van der Waals surface area (Å²) in [7, 11) is 0. The fourth-order valence-corrected chi connectivity index (χ4v) is 2.06. The van der Waals surface area contributed by atoms with E-state index in [0.717, 1.165) is 31.1 Å². The first-order valence-electron chi connectivity index (χ1n) is 7.10. The summed E-state index contributed by atoms with van der Waals surface area (Å²) >= 11 is 0. The van der Waals surface area contributed by atoms with Crippen LogP contribution in [0.3, 0.4) is 0 Å². The quantitative estimate of drug-likeness (QED) is 0.729. The van der Waals surface area contributed by atoms with Gasteiger partial charge in [0, 0.05) is 25.3 Å². The van der Waals surface area contributed by atoms with E-state index in [1.807, 2.05) is 18.5 Å². The van der Waals surface area contributed by atoms with Gasteiger partial charge in [-0.1, -0.05) is 19.9 Å². The first-order valence-corrected chi connectivity index (χ1v) is 7.10. The molecule has 0 radical (unpaired) electrons. The van der Waals surface area contributed by atoms with Crippen molar-refractivity contribution in [1.82, 2.24) is 15.3 Å². The van der Waals surface area contributed by atoms with E-state index in [9.17, 15) is 0 Å². The Balaban J connectivity index is 1.98. The second kappa shape index (κ2) is 6.66. The highest BCUT2D eigenvalue weighted by Gasteiger charge is 2.29. The lowest BCUT2D eigenvalue weighted by Gasteiger charge is -2.21. The van der Waals surface area contributed by atoms with Crippen molar-refractivity contribution in [2.24, 2.45) is 5.92 Å². The van der Waals surface area contributed by atoms with Crippen LogP contribution in [-0.2, 0) is 6.54 Å². The van der Waals surface area contributed by atoms with Gasteiger partial charge in [0.25, 0.3) is 0 Å². The van der Waals surface area contributed by atoms with Crippen molar-refractivity contribution in [2.45, 2.75) is 39.3 Å². The topological polar surface area (TPSA) is 41.1 Å². The number of rotatable bonds is 8. The molecule has 0 spiro atoms. The van der Waals surface area contributed by atoms with E-state index in [2.05, 4.69) is 35.6 Å². The molecule has 1 aliphatic rings. The van der Waals surface area contributed by atoms with Gasteiger partial charge < -0.3 is 10.2 Å². The molecular formula is C15H24N4. The third-order valence-electron chi connectivity index (χ3n) is 3.14. The molecule has 0 unspecified atom stereocenters. The molecule has 0 aromatic carbocycles. The molecular weight excluding hydrogens is 236 g/mol. The first kappa shape index (κ1) is 14.0. The summed E-state index contributed by atoms with van der Waals surface area (Å²) in [5.74, 6) is 1.63. The Bertz CT molecular complexity index is 412. The smallest absolute Gasteiger partial charge is 0.147 e. The van der Waals surface area contributed by atoms with Gasteiger partial charge in [-0.25, -0.2) is 4.98 Å². The average Bonchev–Trinajstić information content (AvgIpc) is 3.20. The molecule has 0 bridgehead atoms. The lowest BCUT2D eigenvalue weighted by atomic mass is 10.2. The Morgan fingerprint density at radius 2 is 2.26 bits per heavy atom. The molecule has 104 valence electrons. The van der Waals surface area contributed by atoms with E-state index in [4.69, 9.17) is 4.98 Å². The number of hydrogen-bond donors (Lipinski definition) is 1. The molecule has 1 aromatic rings. The van der Waals surface area contributed by atoms with E-state index >= 15 is 0 Å². The lowest BCUT2D eigenvalue weighted by molar-refractivity contribution is 0.547. The standard InChI is InChI=1S/C15H24N4/c1-4-7-19(14-5-6-14)15-11-17-10-13(18-15)9-16-8-12(2)3/h4,10-12,14,16H,1,5-9H2,2-3H3. The average molecular weight is 260 g/mol. The summed E-state index contributed by atoms with van der Waals surface area (Å²) in [5.41, 5.74) is 1.01. The lowest BCUT2D eigenvalue weighted by Crippen LogP contribution is -2.27. The number of nitrogens with one attached hydrogen (secondary N) is 1. The van der Waals surface area contributed by atoms with Gasteiger partial charge in [0.2, 0.25) is 0 Å². The third-order valence-corrected chi connectivity index (χ3v) is 3.14. The largest absolute Gasteiger partial charge is 0.349 e. The Hall–Kier alpha value is -1.42. The molecule has 1 aliphatic carbocycles. The van der Waals surface area contributed by atoms with Crippen LogP contribution in [0.15, 0.2) is 25.0 Å². The van der Waals surface area contributed by atoms with Crippen molar-refractivity contribution < 1.29 is 0 Å². The molecule has 1 fully saturated rings. The van der Waals surface area contributed by atoms with Crippen LogP contribution in [-0.4, -0.2) is 29.1 Å². The van der Waals surface area contributed by atoms with E-state index < -0.39 is 0 Å². The fraction of sp³-hybridized carbons (Fsp3) is 0.600. The maximum absolute atomic E-state index is 4.70. The molecule has 2 rings (SSSR count). The highest BCUT2D eigenvalue weighted by atomic mass is 15.2. The fourth-order valence-electron chi connectivity index (χ4n) is 2.06. The van der Waals surface area contributed by atoms with Crippen LogP contribution in [0.4, 0.5) is 5.82 Å². The summed E-state index contributed by atoms with van der Waals surface area (Å²) < 4.78 is 0. The molecule has 4 nitrogen and oxygen atoms in total. The number of nitrogens with zero attached hydrogens (tertiary/aromatic N) is 3. The van der Waals surface area contributed by atoms with Crippen molar-refractivity contribution in [2.75, 3.05) is 18.0 Å².